The first-order valence-corrected chi connectivity index (χ1v) is 12.9. The summed E-state index contributed by atoms with van der Waals surface area (Å²) in [6.45, 7) is 11.4. The van der Waals surface area contributed by atoms with Crippen LogP contribution >= 0.6 is 0 Å². The van der Waals surface area contributed by atoms with E-state index in [-0.39, 0.29) is 5.92 Å². The number of ether oxygens (including phenoxy) is 1. The quantitative estimate of drug-likeness (QED) is 0.365. The highest BCUT2D eigenvalue weighted by molar-refractivity contribution is 6.18. The van der Waals surface area contributed by atoms with Crippen LogP contribution in [0.2, 0.25) is 0 Å². The van der Waals surface area contributed by atoms with E-state index in [4.69, 9.17) is 9.72 Å². The van der Waals surface area contributed by atoms with Crippen LogP contribution in [0.15, 0.2) is 54.9 Å². The summed E-state index contributed by atoms with van der Waals surface area (Å²) in [6.07, 6.45) is 6.41. The predicted molar refractivity (Wildman–Crippen MR) is 145 cm³/mol. The zero-order chi connectivity index (χ0) is 24.9. The normalized spacial score (nSPS) is 16.4. The second-order valence-corrected chi connectivity index (χ2v) is 10.9. The molecule has 3 heteroatoms. The number of fused-ring (bicyclic) bond motifs is 6. The molecule has 1 unspecified atom stereocenters. The van der Waals surface area contributed by atoms with E-state index < -0.39 is 0 Å². The fourth-order valence-corrected chi connectivity index (χ4v) is 6.07. The third-order valence-corrected chi connectivity index (χ3v) is 7.37. The Bertz CT molecular complexity index is 1330. The van der Waals surface area contributed by atoms with Crippen molar-refractivity contribution in [2.45, 2.75) is 53.4 Å². The maximum atomic E-state index is 5.71. The largest absolute Gasteiger partial charge is 0.495 e. The van der Waals surface area contributed by atoms with E-state index in [9.17, 15) is 0 Å². The minimum absolute atomic E-state index is 0.176. The SMILES string of the molecule is COc1cnc2c(c1C)C1=[N+](C)C=C(c3c(CC(C)C)cccc3CC(C)C)C1c1ccccc1-2. The summed E-state index contributed by atoms with van der Waals surface area (Å²) in [5.74, 6) is 2.22. The first-order chi connectivity index (χ1) is 16.8. The van der Waals surface area contributed by atoms with E-state index in [0.717, 1.165) is 29.8 Å². The van der Waals surface area contributed by atoms with Crippen LogP contribution in [0.1, 0.15) is 67.0 Å². The Morgan fingerprint density at radius 2 is 1.57 bits per heavy atom. The Labute approximate surface area is 210 Å². The lowest BCUT2D eigenvalue weighted by Crippen LogP contribution is -2.25. The molecule has 180 valence electrons. The number of allylic oxidation sites excluding steroid dienone is 1. The number of aromatic nitrogens is 1. The van der Waals surface area contributed by atoms with Crippen molar-refractivity contribution in [3.05, 3.63) is 88.2 Å². The molecule has 0 spiro atoms. The zero-order valence-electron chi connectivity index (χ0n) is 22.1. The Hall–Kier alpha value is -3.20. The molecule has 0 saturated heterocycles. The molecule has 0 N–H and O–H groups in total. The molecule has 0 amide bonds. The van der Waals surface area contributed by atoms with Crippen LogP contribution in [-0.4, -0.2) is 29.4 Å². The molecule has 1 aromatic heterocycles. The van der Waals surface area contributed by atoms with Crippen LogP contribution < -0.4 is 4.74 Å². The van der Waals surface area contributed by atoms with Gasteiger partial charge in [-0.2, -0.15) is 0 Å². The Morgan fingerprint density at radius 1 is 0.914 bits per heavy atom. The van der Waals surface area contributed by atoms with Gasteiger partial charge in [-0.1, -0.05) is 70.2 Å². The Balaban J connectivity index is 1.78. The first-order valence-electron chi connectivity index (χ1n) is 12.9. The van der Waals surface area contributed by atoms with E-state index in [1.165, 1.54) is 44.7 Å². The standard InChI is InChI=1S/C32H37N2O/c1-19(2)15-22-11-10-12-23(16-20(3)4)29(22)26-18-34(6)32-28-21(5)27(35-7)17-33-31(28)25-14-9-8-13-24(25)30(26)32/h8-14,17-20,30H,15-16H2,1-7H3/q+1. The average Bonchev–Trinajstić information content (AvgIpc) is 3.15. The molecule has 5 rings (SSSR count). The van der Waals surface area contributed by atoms with Gasteiger partial charge in [0.25, 0.3) is 0 Å². The van der Waals surface area contributed by atoms with Gasteiger partial charge in [0.15, 0.2) is 6.20 Å². The van der Waals surface area contributed by atoms with Gasteiger partial charge in [-0.3, -0.25) is 4.98 Å². The highest BCUT2D eigenvalue weighted by Gasteiger charge is 2.45. The number of hydrogen-bond donors (Lipinski definition) is 0. The minimum Gasteiger partial charge on any atom is -0.495 e. The monoisotopic (exact) mass is 465 g/mol. The summed E-state index contributed by atoms with van der Waals surface area (Å²) in [6, 6.07) is 15.8. The van der Waals surface area contributed by atoms with Gasteiger partial charge >= 0.3 is 0 Å². The lowest BCUT2D eigenvalue weighted by Gasteiger charge is -2.28. The summed E-state index contributed by atoms with van der Waals surface area (Å²) >= 11 is 0. The van der Waals surface area contributed by atoms with E-state index in [2.05, 4.69) is 94.9 Å². The van der Waals surface area contributed by atoms with Gasteiger partial charge in [0.2, 0.25) is 5.71 Å². The molecule has 3 nitrogen and oxygen atoms in total. The summed E-state index contributed by atoms with van der Waals surface area (Å²) in [7, 11) is 3.93. The second kappa shape index (κ2) is 9.11. The van der Waals surface area contributed by atoms with E-state index >= 15 is 0 Å². The molecule has 0 radical (unpaired) electrons. The van der Waals surface area contributed by atoms with Gasteiger partial charge in [-0.25, -0.2) is 4.58 Å². The fraction of sp³-hybridized carbons (Fsp3) is 0.375. The van der Waals surface area contributed by atoms with Crippen molar-refractivity contribution in [1.82, 2.24) is 4.98 Å². The van der Waals surface area contributed by atoms with Gasteiger partial charge in [-0.05, 0) is 53.9 Å². The predicted octanol–water partition coefficient (Wildman–Crippen LogP) is 7.05. The first kappa shape index (κ1) is 23.5. The smallest absolute Gasteiger partial charge is 0.203 e. The number of rotatable bonds is 6. The van der Waals surface area contributed by atoms with Crippen molar-refractivity contribution < 1.29 is 9.31 Å². The molecule has 1 aliphatic heterocycles. The Kier molecular flexibility index (Phi) is 6.13. The minimum atomic E-state index is 0.176. The van der Waals surface area contributed by atoms with Gasteiger partial charge < -0.3 is 4.74 Å². The molecule has 35 heavy (non-hydrogen) atoms. The molecule has 0 fully saturated rings. The van der Waals surface area contributed by atoms with Crippen molar-refractivity contribution in [1.29, 1.82) is 0 Å². The maximum Gasteiger partial charge on any atom is 0.203 e. The number of pyridine rings is 1. The summed E-state index contributed by atoms with van der Waals surface area (Å²) in [5.41, 5.74) is 13.1. The lowest BCUT2D eigenvalue weighted by molar-refractivity contribution is -0.418. The lowest BCUT2D eigenvalue weighted by atomic mass is 9.72. The van der Waals surface area contributed by atoms with Gasteiger partial charge in [0, 0.05) is 16.7 Å². The average molecular weight is 466 g/mol. The van der Waals surface area contributed by atoms with Crippen molar-refractivity contribution in [2.75, 3.05) is 14.2 Å². The third-order valence-electron chi connectivity index (χ3n) is 7.37. The van der Waals surface area contributed by atoms with Crippen LogP contribution in [-0.2, 0) is 12.8 Å². The van der Waals surface area contributed by atoms with Crippen LogP contribution in [0.25, 0.3) is 16.8 Å². The zero-order valence-corrected chi connectivity index (χ0v) is 22.1. The van der Waals surface area contributed by atoms with E-state index in [1.54, 1.807) is 7.11 Å². The fourth-order valence-electron chi connectivity index (χ4n) is 6.07. The second-order valence-electron chi connectivity index (χ2n) is 10.9. The summed E-state index contributed by atoms with van der Waals surface area (Å²) in [4.78, 5) is 4.90. The van der Waals surface area contributed by atoms with Crippen molar-refractivity contribution in [3.8, 4) is 17.0 Å². The number of hydrogen-bond acceptors (Lipinski definition) is 2. The molecule has 2 aromatic carbocycles. The molecular weight excluding hydrogens is 428 g/mol. The van der Waals surface area contributed by atoms with Crippen molar-refractivity contribution in [3.63, 3.8) is 0 Å². The maximum absolute atomic E-state index is 5.71. The van der Waals surface area contributed by atoms with Gasteiger partial charge in [-0.15, -0.1) is 0 Å². The Morgan fingerprint density at radius 3 is 2.20 bits per heavy atom. The third kappa shape index (κ3) is 3.91. The van der Waals surface area contributed by atoms with Gasteiger partial charge in [0.05, 0.1) is 24.6 Å². The number of methoxy groups -OCH3 is 1. The molecule has 2 heterocycles. The summed E-state index contributed by atoms with van der Waals surface area (Å²) < 4.78 is 8.05. The number of nitrogens with zero attached hydrogens (tertiary/aromatic N) is 2. The van der Waals surface area contributed by atoms with Crippen molar-refractivity contribution >= 4 is 11.3 Å². The molecule has 2 aliphatic rings. The molecule has 0 saturated carbocycles. The van der Waals surface area contributed by atoms with Crippen LogP contribution in [0, 0.1) is 18.8 Å². The molecule has 1 aliphatic carbocycles. The van der Waals surface area contributed by atoms with E-state index in [1.807, 2.05) is 6.20 Å². The molecule has 0 bridgehead atoms. The highest BCUT2D eigenvalue weighted by atomic mass is 16.5. The molecular formula is C32H37N2O+. The highest BCUT2D eigenvalue weighted by Crippen LogP contribution is 2.50. The number of benzene rings is 2. The molecule has 3 aromatic rings. The topological polar surface area (TPSA) is 25.1 Å². The molecule has 1 atom stereocenters. The van der Waals surface area contributed by atoms with E-state index in [0.29, 0.717) is 11.8 Å². The van der Waals surface area contributed by atoms with Gasteiger partial charge in [0.1, 0.15) is 18.7 Å². The summed E-state index contributed by atoms with van der Waals surface area (Å²) in [5, 5.41) is 0. The van der Waals surface area contributed by atoms with Crippen LogP contribution in [0.5, 0.6) is 5.75 Å². The van der Waals surface area contributed by atoms with Crippen LogP contribution in [0.4, 0.5) is 0 Å². The van der Waals surface area contributed by atoms with Crippen molar-refractivity contribution in [2.24, 2.45) is 11.8 Å². The van der Waals surface area contributed by atoms with Crippen LogP contribution in [0.3, 0.4) is 0 Å².